The lowest BCUT2D eigenvalue weighted by Crippen LogP contribution is -1.97. The predicted molar refractivity (Wildman–Crippen MR) is 146 cm³/mol. The van der Waals surface area contributed by atoms with Crippen LogP contribution in [0.3, 0.4) is 0 Å². The molecule has 0 aliphatic rings. The molecule has 1 heterocycles. The van der Waals surface area contributed by atoms with E-state index in [0.717, 1.165) is 44.2 Å². The maximum absolute atomic E-state index is 9.92. The van der Waals surface area contributed by atoms with Gasteiger partial charge in [0.1, 0.15) is 0 Å². The molecule has 0 amide bonds. The Balaban J connectivity index is 1.78. The Bertz CT molecular complexity index is 1930. The number of aromatic nitrogens is 1. The first-order chi connectivity index (χ1) is 18.2. The normalized spacial score (nSPS) is 10.6. The fourth-order valence-electron chi connectivity index (χ4n) is 5.14. The number of fused-ring (bicyclic) bond motifs is 3. The molecular weight excluding hydrogens is 452 g/mol. The van der Waals surface area contributed by atoms with Gasteiger partial charge < -0.3 is 4.57 Å². The Labute approximate surface area is 214 Å². The quantitative estimate of drug-likeness (QED) is 0.265. The number of hydrogen-bond donors (Lipinski definition) is 0. The van der Waals surface area contributed by atoms with E-state index in [9.17, 15) is 15.8 Å². The van der Waals surface area contributed by atoms with Crippen LogP contribution in [0.5, 0.6) is 0 Å². The smallest absolute Gasteiger partial charge is 0.0998 e. The van der Waals surface area contributed by atoms with Crippen LogP contribution in [0.4, 0.5) is 0 Å². The van der Waals surface area contributed by atoms with Crippen molar-refractivity contribution in [2.24, 2.45) is 0 Å². The Kier molecular flexibility index (Phi) is 5.24. The van der Waals surface area contributed by atoms with Gasteiger partial charge in [0.15, 0.2) is 0 Å². The summed E-state index contributed by atoms with van der Waals surface area (Å²) < 4.78 is 2.19. The van der Waals surface area contributed by atoms with Gasteiger partial charge in [-0.2, -0.15) is 15.8 Å². The van der Waals surface area contributed by atoms with Crippen LogP contribution in [0.2, 0.25) is 0 Å². The highest BCUT2D eigenvalue weighted by Gasteiger charge is 2.20. The Hall–Kier alpha value is -5.63. The van der Waals surface area contributed by atoms with Crippen LogP contribution in [-0.4, -0.2) is 4.57 Å². The van der Waals surface area contributed by atoms with E-state index in [-0.39, 0.29) is 0 Å². The van der Waals surface area contributed by atoms with Gasteiger partial charge in [-0.15, -0.1) is 0 Å². The third-order valence-corrected chi connectivity index (χ3v) is 6.74. The molecule has 0 fully saturated rings. The first-order valence-electron chi connectivity index (χ1n) is 11.8. The van der Waals surface area contributed by atoms with Crippen LogP contribution in [0, 0.1) is 34.0 Å². The van der Waals surface area contributed by atoms with E-state index in [1.807, 2.05) is 72.8 Å². The molecule has 6 rings (SSSR count). The lowest BCUT2D eigenvalue weighted by atomic mass is 9.93. The molecule has 0 atom stereocenters. The molecule has 0 aliphatic carbocycles. The molecule has 0 saturated carbocycles. The number of rotatable bonds is 3. The first-order valence-corrected chi connectivity index (χ1v) is 11.8. The largest absolute Gasteiger partial charge is 0.309 e. The third kappa shape index (κ3) is 3.43. The molecule has 170 valence electrons. The second-order valence-electron chi connectivity index (χ2n) is 8.71. The molecule has 0 radical (unpaired) electrons. The maximum Gasteiger partial charge on any atom is 0.0998 e. The van der Waals surface area contributed by atoms with E-state index < -0.39 is 0 Å². The van der Waals surface area contributed by atoms with E-state index in [1.165, 1.54) is 0 Å². The molecule has 4 nitrogen and oxygen atoms in total. The molecule has 0 unspecified atom stereocenters. The number of para-hydroxylation sites is 2. The Morgan fingerprint density at radius 2 is 1.14 bits per heavy atom. The predicted octanol–water partition coefficient (Wildman–Crippen LogP) is 7.73. The van der Waals surface area contributed by atoms with Crippen molar-refractivity contribution in [3.05, 3.63) is 126 Å². The zero-order valence-electron chi connectivity index (χ0n) is 19.7. The van der Waals surface area contributed by atoms with Crippen molar-refractivity contribution in [1.82, 2.24) is 4.57 Å². The van der Waals surface area contributed by atoms with E-state index >= 15 is 0 Å². The molecule has 6 aromatic rings. The highest BCUT2D eigenvalue weighted by atomic mass is 15.0. The van der Waals surface area contributed by atoms with Crippen molar-refractivity contribution in [2.75, 3.05) is 0 Å². The van der Waals surface area contributed by atoms with Gasteiger partial charge in [0.05, 0.1) is 45.9 Å². The van der Waals surface area contributed by atoms with Gasteiger partial charge in [0, 0.05) is 27.6 Å². The van der Waals surface area contributed by atoms with Crippen LogP contribution in [0.1, 0.15) is 16.7 Å². The van der Waals surface area contributed by atoms with Crippen LogP contribution in [-0.2, 0) is 0 Å². The van der Waals surface area contributed by atoms with Crippen LogP contribution >= 0.6 is 0 Å². The minimum absolute atomic E-state index is 0.458. The van der Waals surface area contributed by atoms with Crippen molar-refractivity contribution in [1.29, 1.82) is 15.8 Å². The monoisotopic (exact) mass is 470 g/mol. The summed E-state index contributed by atoms with van der Waals surface area (Å²) in [6.45, 7) is 0. The van der Waals surface area contributed by atoms with Gasteiger partial charge in [0.25, 0.3) is 0 Å². The van der Waals surface area contributed by atoms with Crippen LogP contribution < -0.4 is 0 Å². The summed E-state index contributed by atoms with van der Waals surface area (Å²) >= 11 is 0. The molecule has 0 saturated heterocycles. The standard InChI is InChI=1S/C33H18N4/c34-19-23-8-4-5-13-27(23)22-16-17-28-29-14-7-15-30(32-24(20-35)9-6-10-25(32)21-36)33(29)37(31(28)18-22)26-11-2-1-3-12-26/h1-18H. The highest BCUT2D eigenvalue weighted by Crippen LogP contribution is 2.41. The molecule has 37 heavy (non-hydrogen) atoms. The van der Waals surface area contributed by atoms with Crippen molar-refractivity contribution in [3.63, 3.8) is 0 Å². The molecule has 0 spiro atoms. The Morgan fingerprint density at radius 3 is 1.86 bits per heavy atom. The van der Waals surface area contributed by atoms with Crippen molar-refractivity contribution in [2.45, 2.75) is 0 Å². The van der Waals surface area contributed by atoms with E-state index in [0.29, 0.717) is 22.3 Å². The minimum atomic E-state index is 0.458. The summed E-state index contributed by atoms with van der Waals surface area (Å²) in [5, 5.41) is 31.6. The topological polar surface area (TPSA) is 76.3 Å². The number of benzene rings is 5. The summed E-state index contributed by atoms with van der Waals surface area (Å²) in [5.41, 5.74) is 7.68. The highest BCUT2D eigenvalue weighted by molar-refractivity contribution is 6.15. The minimum Gasteiger partial charge on any atom is -0.309 e. The number of nitriles is 3. The fraction of sp³-hybridized carbons (Fsp3) is 0. The summed E-state index contributed by atoms with van der Waals surface area (Å²) in [6, 6.07) is 42.0. The molecular formula is C33H18N4. The van der Waals surface area contributed by atoms with Gasteiger partial charge in [-0.3, -0.25) is 0 Å². The molecule has 0 N–H and O–H groups in total. The van der Waals surface area contributed by atoms with Crippen LogP contribution in [0.15, 0.2) is 109 Å². The third-order valence-electron chi connectivity index (χ3n) is 6.74. The summed E-state index contributed by atoms with van der Waals surface area (Å²) in [5.74, 6) is 0. The summed E-state index contributed by atoms with van der Waals surface area (Å²) in [7, 11) is 0. The van der Waals surface area contributed by atoms with Crippen LogP contribution in [0.25, 0.3) is 49.7 Å². The zero-order chi connectivity index (χ0) is 25.4. The van der Waals surface area contributed by atoms with Crippen molar-refractivity contribution in [3.8, 4) is 46.1 Å². The number of hydrogen-bond acceptors (Lipinski definition) is 3. The van der Waals surface area contributed by atoms with E-state index in [2.05, 4.69) is 41.0 Å². The zero-order valence-corrected chi connectivity index (χ0v) is 19.7. The average molecular weight is 471 g/mol. The second-order valence-corrected chi connectivity index (χ2v) is 8.71. The van der Waals surface area contributed by atoms with Gasteiger partial charge in [0.2, 0.25) is 0 Å². The lowest BCUT2D eigenvalue weighted by Gasteiger charge is -2.14. The molecule has 4 heteroatoms. The number of nitrogens with zero attached hydrogens (tertiary/aromatic N) is 4. The maximum atomic E-state index is 9.92. The lowest BCUT2D eigenvalue weighted by molar-refractivity contribution is 1.18. The first kappa shape index (κ1) is 21.9. The van der Waals surface area contributed by atoms with Crippen molar-refractivity contribution >= 4 is 21.8 Å². The van der Waals surface area contributed by atoms with Gasteiger partial charge in [-0.25, -0.2) is 0 Å². The molecule has 0 aliphatic heterocycles. The van der Waals surface area contributed by atoms with Gasteiger partial charge in [-0.05, 0) is 47.5 Å². The molecule has 1 aromatic heterocycles. The molecule has 5 aromatic carbocycles. The summed E-state index contributed by atoms with van der Waals surface area (Å²) in [4.78, 5) is 0. The fourth-order valence-corrected chi connectivity index (χ4v) is 5.14. The summed E-state index contributed by atoms with van der Waals surface area (Å²) in [6.07, 6.45) is 0. The van der Waals surface area contributed by atoms with E-state index in [1.54, 1.807) is 18.2 Å². The van der Waals surface area contributed by atoms with E-state index in [4.69, 9.17) is 0 Å². The average Bonchev–Trinajstić information content (AvgIpc) is 3.31. The Morgan fingerprint density at radius 1 is 0.514 bits per heavy atom. The van der Waals surface area contributed by atoms with Gasteiger partial charge in [-0.1, -0.05) is 72.8 Å². The SMILES string of the molecule is N#Cc1ccccc1-c1ccc2c3cccc(-c4c(C#N)cccc4C#N)c3n(-c3ccccc3)c2c1. The van der Waals surface area contributed by atoms with Crippen molar-refractivity contribution < 1.29 is 0 Å². The second kappa shape index (κ2) is 8.86. The molecule has 0 bridgehead atoms. The van der Waals surface area contributed by atoms with Gasteiger partial charge >= 0.3 is 0 Å².